The van der Waals surface area contributed by atoms with Crippen LogP contribution in [0.4, 0.5) is 0 Å². The Bertz CT molecular complexity index is 1230. The first-order chi connectivity index (χ1) is 18.0. The summed E-state index contributed by atoms with van der Waals surface area (Å²) in [5, 5.41) is 3.14. The smallest absolute Gasteiger partial charge is 0.220 e. The third kappa shape index (κ3) is 7.04. The van der Waals surface area contributed by atoms with Gasteiger partial charge in [0.25, 0.3) is 0 Å². The highest BCUT2D eigenvalue weighted by atomic mass is 16.5. The van der Waals surface area contributed by atoms with Crippen molar-refractivity contribution in [3.05, 3.63) is 120 Å². The van der Waals surface area contributed by atoms with Crippen molar-refractivity contribution in [2.75, 3.05) is 13.7 Å². The zero-order valence-corrected chi connectivity index (χ0v) is 21.7. The van der Waals surface area contributed by atoms with E-state index in [1.165, 1.54) is 5.56 Å². The summed E-state index contributed by atoms with van der Waals surface area (Å²) in [4.78, 5) is 13.2. The van der Waals surface area contributed by atoms with Gasteiger partial charge < -0.3 is 19.2 Å². The number of hydrogen-bond acceptors (Lipinski definition) is 4. The number of benzene rings is 3. The number of amides is 1. The molecule has 0 aliphatic carbocycles. The van der Waals surface area contributed by atoms with Crippen molar-refractivity contribution in [1.82, 2.24) is 5.32 Å². The lowest BCUT2D eigenvalue weighted by Crippen LogP contribution is -2.27. The fraction of sp³-hybridized carbons (Fsp3) is 0.281. The second-order valence-electron chi connectivity index (χ2n) is 9.35. The van der Waals surface area contributed by atoms with Gasteiger partial charge in [0.2, 0.25) is 5.91 Å². The fourth-order valence-corrected chi connectivity index (χ4v) is 4.67. The first-order valence-electron chi connectivity index (χ1n) is 12.8. The highest BCUT2D eigenvalue weighted by Gasteiger charge is 2.23. The molecule has 1 N–H and O–H groups in total. The summed E-state index contributed by atoms with van der Waals surface area (Å²) in [5.74, 6) is 2.40. The van der Waals surface area contributed by atoms with Crippen LogP contribution in [0.5, 0.6) is 11.5 Å². The van der Waals surface area contributed by atoms with Gasteiger partial charge in [-0.05, 0) is 61.7 Å². The Balaban J connectivity index is 1.48. The zero-order chi connectivity index (χ0) is 26.0. The topological polar surface area (TPSA) is 60.7 Å². The van der Waals surface area contributed by atoms with Crippen LogP contribution in [0.1, 0.15) is 61.0 Å². The molecule has 1 amide bonds. The van der Waals surface area contributed by atoms with E-state index in [1.54, 1.807) is 13.4 Å². The maximum absolute atomic E-state index is 13.2. The fourth-order valence-electron chi connectivity index (χ4n) is 4.67. The Hall–Kier alpha value is -3.99. The number of furan rings is 1. The maximum atomic E-state index is 13.2. The van der Waals surface area contributed by atoms with Crippen LogP contribution in [0.25, 0.3) is 0 Å². The molecule has 0 bridgehead atoms. The van der Waals surface area contributed by atoms with Crippen molar-refractivity contribution in [3.8, 4) is 11.5 Å². The van der Waals surface area contributed by atoms with E-state index in [-0.39, 0.29) is 23.8 Å². The van der Waals surface area contributed by atoms with Gasteiger partial charge in [-0.1, -0.05) is 60.7 Å². The molecule has 37 heavy (non-hydrogen) atoms. The predicted octanol–water partition coefficient (Wildman–Crippen LogP) is 6.94. The van der Waals surface area contributed by atoms with Crippen LogP contribution in [-0.2, 0) is 4.79 Å². The first kappa shape index (κ1) is 26.1. The van der Waals surface area contributed by atoms with Crippen LogP contribution >= 0.6 is 0 Å². The number of carbonyl (C=O) groups excluding carboxylic acids is 1. The molecule has 1 aromatic heterocycles. The average Bonchev–Trinajstić information content (AvgIpc) is 3.45. The lowest BCUT2D eigenvalue weighted by Gasteiger charge is -2.21. The number of rotatable bonds is 12. The molecule has 0 spiro atoms. The summed E-state index contributed by atoms with van der Waals surface area (Å²) in [6.07, 6.45) is 2.84. The quantitative estimate of drug-likeness (QED) is 0.230. The highest BCUT2D eigenvalue weighted by Crippen LogP contribution is 2.35. The van der Waals surface area contributed by atoms with E-state index in [2.05, 4.69) is 17.4 Å². The summed E-state index contributed by atoms with van der Waals surface area (Å²) < 4.78 is 17.2. The molecule has 4 rings (SSSR count). The minimum Gasteiger partial charge on any atom is -0.496 e. The largest absolute Gasteiger partial charge is 0.496 e. The lowest BCUT2D eigenvalue weighted by molar-refractivity contribution is -0.121. The summed E-state index contributed by atoms with van der Waals surface area (Å²) in [6.45, 7) is 4.55. The van der Waals surface area contributed by atoms with Crippen molar-refractivity contribution in [2.45, 2.75) is 44.6 Å². The Labute approximate surface area is 219 Å². The molecule has 2 atom stereocenters. The van der Waals surface area contributed by atoms with Gasteiger partial charge in [-0.15, -0.1) is 0 Å². The van der Waals surface area contributed by atoms with E-state index in [4.69, 9.17) is 13.9 Å². The molecule has 0 saturated heterocycles. The molecule has 4 aromatic rings. The van der Waals surface area contributed by atoms with Crippen molar-refractivity contribution in [3.63, 3.8) is 0 Å². The number of carbonyl (C=O) groups is 1. The summed E-state index contributed by atoms with van der Waals surface area (Å²) in [6, 6.07) is 30.0. The second-order valence-corrected chi connectivity index (χ2v) is 9.35. The maximum Gasteiger partial charge on any atom is 0.220 e. The number of ether oxygens (including phenoxy) is 2. The molecular formula is C32H35NO4. The van der Waals surface area contributed by atoms with Crippen LogP contribution in [0, 0.1) is 0 Å². The van der Waals surface area contributed by atoms with Gasteiger partial charge in [-0.2, -0.15) is 0 Å². The minimum absolute atomic E-state index is 0.00957. The zero-order valence-electron chi connectivity index (χ0n) is 21.7. The molecule has 0 aliphatic rings. The first-order valence-corrected chi connectivity index (χ1v) is 12.8. The lowest BCUT2D eigenvalue weighted by atomic mass is 9.87. The van der Waals surface area contributed by atoms with E-state index in [9.17, 15) is 4.79 Å². The molecule has 0 aliphatic heterocycles. The van der Waals surface area contributed by atoms with Gasteiger partial charge in [0.1, 0.15) is 17.3 Å². The average molecular weight is 498 g/mol. The Morgan fingerprint density at radius 2 is 1.54 bits per heavy atom. The van der Waals surface area contributed by atoms with Crippen LogP contribution in [0.2, 0.25) is 0 Å². The number of hydrogen-bond donors (Lipinski definition) is 1. The number of methoxy groups -OCH3 is 1. The Kier molecular flexibility index (Phi) is 9.03. The van der Waals surface area contributed by atoms with E-state index in [1.807, 2.05) is 92.7 Å². The Morgan fingerprint density at radius 3 is 2.22 bits per heavy atom. The van der Waals surface area contributed by atoms with Crippen molar-refractivity contribution >= 4 is 5.91 Å². The van der Waals surface area contributed by atoms with Gasteiger partial charge in [0, 0.05) is 30.4 Å². The van der Waals surface area contributed by atoms with Crippen LogP contribution in [0.15, 0.2) is 102 Å². The molecule has 192 valence electrons. The van der Waals surface area contributed by atoms with Crippen molar-refractivity contribution in [1.29, 1.82) is 0 Å². The molecule has 0 saturated carbocycles. The van der Waals surface area contributed by atoms with Crippen LogP contribution < -0.4 is 14.8 Å². The molecule has 2 unspecified atom stereocenters. The molecule has 0 fully saturated rings. The minimum atomic E-state index is -0.153. The van der Waals surface area contributed by atoms with Crippen LogP contribution in [0.3, 0.4) is 0 Å². The van der Waals surface area contributed by atoms with E-state index in [0.29, 0.717) is 13.0 Å². The van der Waals surface area contributed by atoms with Gasteiger partial charge in [0.05, 0.1) is 19.5 Å². The molecule has 3 aromatic carbocycles. The molecule has 5 heteroatoms. The number of nitrogens with one attached hydrogen (secondary N) is 1. The number of para-hydroxylation sites is 1. The monoisotopic (exact) mass is 497 g/mol. The van der Waals surface area contributed by atoms with Crippen molar-refractivity contribution in [2.24, 2.45) is 0 Å². The summed E-state index contributed by atoms with van der Waals surface area (Å²) in [7, 11) is 1.66. The standard InChI is InChI=1S/C32H35NO4/c1-23(2)37-26-17-15-25(16-18-26)29(28-12-7-8-13-30(28)35-3)22-32(34)33-20-19-27(31-14-9-21-36-31)24-10-5-4-6-11-24/h4-18,21,23,27,29H,19-20,22H2,1-3H3,(H,33,34). The SMILES string of the molecule is COc1ccccc1C(CC(=O)NCCC(c1ccccc1)c1ccco1)c1ccc(OC(C)C)cc1. The molecule has 1 heterocycles. The van der Waals surface area contributed by atoms with Gasteiger partial charge in [-0.3, -0.25) is 4.79 Å². The van der Waals surface area contributed by atoms with Gasteiger partial charge >= 0.3 is 0 Å². The third-order valence-electron chi connectivity index (χ3n) is 6.40. The molecule has 5 nitrogen and oxygen atoms in total. The third-order valence-corrected chi connectivity index (χ3v) is 6.40. The van der Waals surface area contributed by atoms with E-state index in [0.717, 1.165) is 34.8 Å². The summed E-state index contributed by atoms with van der Waals surface area (Å²) >= 11 is 0. The van der Waals surface area contributed by atoms with Crippen LogP contribution in [-0.4, -0.2) is 25.7 Å². The van der Waals surface area contributed by atoms with Gasteiger partial charge in [-0.25, -0.2) is 0 Å². The highest BCUT2D eigenvalue weighted by molar-refractivity contribution is 5.77. The molecular weight excluding hydrogens is 462 g/mol. The predicted molar refractivity (Wildman–Crippen MR) is 146 cm³/mol. The summed E-state index contributed by atoms with van der Waals surface area (Å²) in [5.41, 5.74) is 3.19. The van der Waals surface area contributed by atoms with Crippen molar-refractivity contribution < 1.29 is 18.7 Å². The normalized spacial score (nSPS) is 12.6. The second kappa shape index (κ2) is 12.8. The molecule has 0 radical (unpaired) electrons. The van der Waals surface area contributed by atoms with Gasteiger partial charge in [0.15, 0.2) is 0 Å². The Morgan fingerprint density at radius 1 is 0.838 bits per heavy atom. The van der Waals surface area contributed by atoms with E-state index < -0.39 is 0 Å². The van der Waals surface area contributed by atoms with E-state index >= 15 is 0 Å².